The molecule has 48 heavy (non-hydrogen) atoms. The van der Waals surface area contributed by atoms with Crippen LogP contribution in [0.5, 0.6) is 0 Å². The summed E-state index contributed by atoms with van der Waals surface area (Å²) in [6.07, 6.45) is -26.7. The van der Waals surface area contributed by atoms with Crippen LogP contribution in [0.3, 0.4) is 0 Å². The van der Waals surface area contributed by atoms with Crippen molar-refractivity contribution in [3.05, 3.63) is 34.9 Å². The van der Waals surface area contributed by atoms with Crippen LogP contribution < -0.4 is 0 Å². The first kappa shape index (κ1) is 43.0. The van der Waals surface area contributed by atoms with Crippen LogP contribution in [0.1, 0.15) is 58.2 Å². The van der Waals surface area contributed by atoms with Crippen molar-refractivity contribution in [2.75, 3.05) is 13.2 Å². The molecule has 0 radical (unpaired) electrons. The molecule has 0 atom stereocenters. The maximum Gasteiger partial charge on any atom is 0.430 e. The zero-order chi connectivity index (χ0) is 38.2. The van der Waals surface area contributed by atoms with Crippen molar-refractivity contribution in [2.24, 2.45) is 0 Å². The quantitative estimate of drug-likeness (QED) is 0.116. The van der Waals surface area contributed by atoms with Gasteiger partial charge in [0.05, 0.1) is 0 Å². The number of alkyl halides is 12. The minimum Gasteiger partial charge on any atom is -0.458 e. The highest BCUT2D eigenvalue weighted by Gasteiger charge is 2.76. The summed E-state index contributed by atoms with van der Waals surface area (Å²) >= 11 is 0. The fourth-order valence-corrected chi connectivity index (χ4v) is 4.43. The molecule has 0 heterocycles. The second-order valence-corrected chi connectivity index (χ2v) is 18.2. The normalized spacial score (nSPS) is 14.3. The van der Waals surface area contributed by atoms with Gasteiger partial charge >= 0.3 is 36.6 Å². The highest BCUT2D eigenvalue weighted by Crippen LogP contribution is 2.57. The van der Waals surface area contributed by atoms with Crippen LogP contribution in [0.15, 0.2) is 18.2 Å². The lowest BCUT2D eigenvalue weighted by molar-refractivity contribution is -0.389. The summed E-state index contributed by atoms with van der Waals surface area (Å²) in [5, 5.41) is 0. The average Bonchev–Trinajstić information content (AvgIpc) is 2.77. The second kappa shape index (κ2) is 13.7. The van der Waals surface area contributed by atoms with Gasteiger partial charge in [0.15, 0.2) is 0 Å². The molecule has 0 aliphatic carbocycles. The second-order valence-electron chi connectivity index (χ2n) is 13.4. The largest absolute Gasteiger partial charge is 0.458 e. The van der Waals surface area contributed by atoms with Gasteiger partial charge in [-0.05, 0) is 59.7 Å². The summed E-state index contributed by atoms with van der Waals surface area (Å²) in [4.78, 5) is 24.3. The van der Waals surface area contributed by atoms with Gasteiger partial charge in [-0.25, -0.2) is 9.59 Å². The first-order valence-corrected chi connectivity index (χ1v) is 17.2. The number of esters is 2. The van der Waals surface area contributed by atoms with Gasteiger partial charge in [-0.2, -0.15) is 52.7 Å². The minimum atomic E-state index is -6.67. The molecule has 19 heteroatoms. The van der Waals surface area contributed by atoms with Crippen molar-refractivity contribution in [1.82, 2.24) is 0 Å². The van der Waals surface area contributed by atoms with E-state index >= 15 is 0 Å². The molecule has 0 aliphatic heterocycles. The molecule has 1 aromatic carbocycles. The van der Waals surface area contributed by atoms with E-state index in [-0.39, 0.29) is 12.1 Å². The van der Waals surface area contributed by atoms with Gasteiger partial charge in [0.1, 0.15) is 32.5 Å². The Morgan fingerprint density at radius 1 is 0.583 bits per heavy atom. The summed E-state index contributed by atoms with van der Waals surface area (Å²) < 4.78 is 193. The molecule has 0 spiro atoms. The number of benzene rings is 1. The first-order chi connectivity index (χ1) is 21.0. The highest BCUT2D eigenvalue weighted by atomic mass is 28.3. The Balaban J connectivity index is 4.41. The van der Waals surface area contributed by atoms with Crippen LogP contribution in [0.4, 0.5) is 52.7 Å². The van der Waals surface area contributed by atoms with Crippen molar-refractivity contribution >= 4 is 20.0 Å². The molecule has 1 aromatic rings. The Labute approximate surface area is 269 Å². The standard InChI is InChI=1S/C29H34F12O6Si/c1-22(2,3)46-20(42)15-44-24(26(30,31)32,27(33,34)35)18-12-17(10-11-48(7,8)9)13-19(14-18)25(28(36,37)38,29(39,40)41)45-16-21(43)47-23(4,5)6/h12-14H,15-16H2,1-9H3. The third kappa shape index (κ3) is 10.5. The molecular weight excluding hydrogens is 700 g/mol. The van der Waals surface area contributed by atoms with Crippen LogP contribution in [0, 0.1) is 11.5 Å². The SMILES string of the molecule is CC(C)(C)OC(=O)COC(c1cc(C#C[Si](C)(C)C)cc(C(OCC(=O)OC(C)(C)C)(C(F)(F)F)C(F)(F)F)c1)(C(F)(F)F)C(F)(F)F. The van der Waals surface area contributed by atoms with Gasteiger partial charge in [0.25, 0.3) is 11.2 Å². The van der Waals surface area contributed by atoms with Crippen molar-refractivity contribution < 1.29 is 81.2 Å². The molecule has 0 N–H and O–H groups in total. The Hall–Kier alpha value is -2.98. The van der Waals surface area contributed by atoms with Gasteiger partial charge in [0, 0.05) is 16.7 Å². The summed E-state index contributed by atoms with van der Waals surface area (Å²) in [5.74, 6) is -1.51. The zero-order valence-electron chi connectivity index (χ0n) is 27.1. The predicted molar refractivity (Wildman–Crippen MR) is 148 cm³/mol. The molecule has 0 aliphatic rings. The molecule has 0 fully saturated rings. The molecule has 0 bridgehead atoms. The van der Waals surface area contributed by atoms with Gasteiger partial charge in [0.2, 0.25) is 0 Å². The number of ether oxygens (including phenoxy) is 4. The van der Waals surface area contributed by atoms with Crippen molar-refractivity contribution in [1.29, 1.82) is 0 Å². The number of carbonyl (C=O) groups excluding carboxylic acids is 2. The lowest BCUT2D eigenvalue weighted by atomic mass is 9.83. The maximum absolute atomic E-state index is 14.6. The van der Waals surface area contributed by atoms with Gasteiger partial charge in [-0.1, -0.05) is 25.6 Å². The molecule has 1 rings (SSSR count). The van der Waals surface area contributed by atoms with Gasteiger partial charge in [-0.15, -0.1) is 5.54 Å². The van der Waals surface area contributed by atoms with E-state index in [0.717, 1.165) is 0 Å². The summed E-state index contributed by atoms with van der Waals surface area (Å²) in [6.45, 7) is 7.50. The third-order valence-corrected chi connectivity index (χ3v) is 6.45. The van der Waals surface area contributed by atoms with Crippen molar-refractivity contribution in [3.63, 3.8) is 0 Å². The number of hydrogen-bond acceptors (Lipinski definition) is 6. The van der Waals surface area contributed by atoms with E-state index in [4.69, 9.17) is 0 Å². The maximum atomic E-state index is 14.6. The van der Waals surface area contributed by atoms with E-state index in [0.29, 0.717) is 0 Å². The summed E-state index contributed by atoms with van der Waals surface area (Å²) in [7, 11) is -2.65. The lowest BCUT2D eigenvalue weighted by Gasteiger charge is -2.40. The van der Waals surface area contributed by atoms with Gasteiger partial charge < -0.3 is 18.9 Å². The van der Waals surface area contributed by atoms with E-state index in [1.807, 2.05) is 0 Å². The Kier molecular flexibility index (Phi) is 12.3. The van der Waals surface area contributed by atoms with Gasteiger partial charge in [-0.3, -0.25) is 0 Å². The number of rotatable bonds is 8. The predicted octanol–water partition coefficient (Wildman–Crippen LogP) is 8.27. The number of hydrogen-bond donors (Lipinski definition) is 0. The summed E-state index contributed by atoms with van der Waals surface area (Å²) in [6, 6.07) is -0.831. The van der Waals surface area contributed by atoms with Crippen molar-refractivity contribution in [2.45, 2.75) is 108 Å². The Morgan fingerprint density at radius 2 is 0.875 bits per heavy atom. The molecular formula is C29H34F12O6Si. The fourth-order valence-electron chi connectivity index (χ4n) is 3.91. The lowest BCUT2D eigenvalue weighted by Crippen LogP contribution is -2.58. The van der Waals surface area contributed by atoms with Crippen LogP contribution in [0.2, 0.25) is 19.6 Å². The van der Waals surface area contributed by atoms with E-state index in [1.165, 1.54) is 61.2 Å². The first-order valence-electron chi connectivity index (χ1n) is 13.7. The van der Waals surface area contributed by atoms with Crippen LogP contribution in [-0.4, -0.2) is 69.1 Å². The Bertz CT molecular complexity index is 1270. The van der Waals surface area contributed by atoms with Crippen LogP contribution in [-0.2, 0) is 39.7 Å². The minimum absolute atomic E-state index is 0.0575. The van der Waals surface area contributed by atoms with E-state index in [9.17, 15) is 62.3 Å². The average molecular weight is 735 g/mol. The molecule has 6 nitrogen and oxygen atoms in total. The molecule has 0 aromatic heterocycles. The molecule has 0 amide bonds. The Morgan fingerprint density at radius 3 is 1.10 bits per heavy atom. The van der Waals surface area contributed by atoms with E-state index in [1.54, 1.807) is 0 Å². The topological polar surface area (TPSA) is 71.1 Å². The number of halogens is 12. The fraction of sp³-hybridized carbons (Fsp3) is 0.655. The smallest absolute Gasteiger partial charge is 0.430 e. The molecule has 0 saturated carbocycles. The highest BCUT2D eigenvalue weighted by molar-refractivity contribution is 6.83. The number of carbonyl (C=O) groups is 2. The summed E-state index contributed by atoms with van der Waals surface area (Å²) in [5.41, 5.74) is -17.8. The monoisotopic (exact) mass is 734 g/mol. The van der Waals surface area contributed by atoms with Crippen LogP contribution in [0.25, 0.3) is 0 Å². The molecule has 0 unspecified atom stereocenters. The van der Waals surface area contributed by atoms with E-state index < -0.39 is 103 Å². The third-order valence-electron chi connectivity index (χ3n) is 5.58. The molecule has 274 valence electrons. The van der Waals surface area contributed by atoms with Crippen molar-refractivity contribution in [3.8, 4) is 11.5 Å². The molecule has 0 saturated heterocycles. The van der Waals surface area contributed by atoms with E-state index in [2.05, 4.69) is 30.4 Å². The zero-order valence-corrected chi connectivity index (χ0v) is 28.1. The van der Waals surface area contributed by atoms with Crippen LogP contribution >= 0.6 is 0 Å².